The number of hydrogen-bond donors (Lipinski definition) is 1. The van der Waals surface area contributed by atoms with Crippen molar-refractivity contribution in [2.45, 2.75) is 13.3 Å². The maximum absolute atomic E-state index is 13.4. The van der Waals surface area contributed by atoms with Gasteiger partial charge in [-0.25, -0.2) is 9.37 Å². The van der Waals surface area contributed by atoms with Gasteiger partial charge in [-0.3, -0.25) is 9.36 Å². The summed E-state index contributed by atoms with van der Waals surface area (Å²) in [6.07, 6.45) is 0.459. The van der Waals surface area contributed by atoms with Gasteiger partial charge in [0.15, 0.2) is 0 Å². The van der Waals surface area contributed by atoms with Crippen LogP contribution in [0.5, 0.6) is 5.75 Å². The van der Waals surface area contributed by atoms with Crippen LogP contribution in [0.4, 0.5) is 10.1 Å². The van der Waals surface area contributed by atoms with Gasteiger partial charge in [-0.05, 0) is 76.9 Å². The molecule has 0 unspecified atom stereocenters. The molecule has 1 N–H and O–H groups in total. The predicted octanol–water partition coefficient (Wildman–Crippen LogP) is 5.59. The van der Waals surface area contributed by atoms with E-state index in [9.17, 15) is 9.18 Å². The zero-order chi connectivity index (χ0) is 22.8. The molecule has 1 heterocycles. The second kappa shape index (κ2) is 9.18. The molecule has 0 spiro atoms. The molecule has 3 aromatic carbocycles. The van der Waals surface area contributed by atoms with Gasteiger partial charge in [0.05, 0.1) is 33.2 Å². The van der Waals surface area contributed by atoms with E-state index in [1.807, 2.05) is 24.3 Å². The summed E-state index contributed by atoms with van der Waals surface area (Å²) in [5.74, 6) is 0.850. The van der Waals surface area contributed by atoms with Crippen molar-refractivity contribution < 1.29 is 9.13 Å². The maximum atomic E-state index is 13.4. The predicted molar refractivity (Wildman–Crippen MR) is 133 cm³/mol. The topological polar surface area (TPSA) is 56.1 Å². The lowest BCUT2D eigenvalue weighted by atomic mass is 10.1. The molecule has 0 radical (unpaired) electrons. The Bertz CT molecular complexity index is 1400. The molecule has 0 atom stereocenters. The Morgan fingerprint density at radius 3 is 2.75 bits per heavy atom. The SMILES string of the molecule is COc1ccc2nc(C)n(-c3cccc(CC(=S)Nc4ccc(F)c(Br)c4)c3)c(=O)c2c1. The number of aryl methyl sites for hydroxylation is 1. The van der Waals surface area contributed by atoms with Crippen LogP contribution in [0.3, 0.4) is 0 Å². The average Bonchev–Trinajstić information content (AvgIpc) is 2.76. The van der Waals surface area contributed by atoms with E-state index in [4.69, 9.17) is 17.0 Å². The first kappa shape index (κ1) is 22.1. The Balaban J connectivity index is 1.64. The molecule has 4 aromatic rings. The summed E-state index contributed by atoms with van der Waals surface area (Å²) in [6.45, 7) is 1.80. The van der Waals surface area contributed by atoms with Gasteiger partial charge < -0.3 is 10.1 Å². The molecule has 0 aliphatic rings. The average molecular weight is 512 g/mol. The Kier molecular flexibility index (Phi) is 6.34. The normalized spacial score (nSPS) is 10.9. The van der Waals surface area contributed by atoms with Crippen molar-refractivity contribution >= 4 is 49.7 Å². The first-order valence-electron chi connectivity index (χ1n) is 9.77. The summed E-state index contributed by atoms with van der Waals surface area (Å²) < 4.78 is 20.6. The van der Waals surface area contributed by atoms with Gasteiger partial charge in [-0.1, -0.05) is 24.4 Å². The van der Waals surface area contributed by atoms with Gasteiger partial charge in [-0.2, -0.15) is 0 Å². The van der Waals surface area contributed by atoms with Crippen molar-refractivity contribution in [1.82, 2.24) is 9.55 Å². The summed E-state index contributed by atoms with van der Waals surface area (Å²) in [6, 6.07) is 17.5. The summed E-state index contributed by atoms with van der Waals surface area (Å²) in [4.78, 5) is 18.4. The molecule has 0 amide bonds. The van der Waals surface area contributed by atoms with E-state index >= 15 is 0 Å². The molecule has 32 heavy (non-hydrogen) atoms. The lowest BCUT2D eigenvalue weighted by Crippen LogP contribution is -2.22. The molecule has 0 aliphatic heterocycles. The number of benzene rings is 3. The number of halogens is 2. The van der Waals surface area contributed by atoms with Crippen LogP contribution in [-0.4, -0.2) is 21.6 Å². The molecule has 0 aliphatic carbocycles. The van der Waals surface area contributed by atoms with Crippen LogP contribution in [0, 0.1) is 12.7 Å². The molecule has 0 fully saturated rings. The third-order valence-electron chi connectivity index (χ3n) is 4.98. The quantitative estimate of drug-likeness (QED) is 0.354. The zero-order valence-electron chi connectivity index (χ0n) is 17.4. The van der Waals surface area contributed by atoms with Gasteiger partial charge in [0.2, 0.25) is 0 Å². The lowest BCUT2D eigenvalue weighted by molar-refractivity contribution is 0.415. The summed E-state index contributed by atoms with van der Waals surface area (Å²) >= 11 is 8.66. The first-order valence-corrected chi connectivity index (χ1v) is 11.0. The van der Waals surface area contributed by atoms with E-state index in [1.165, 1.54) is 6.07 Å². The van der Waals surface area contributed by atoms with Crippen LogP contribution in [0.2, 0.25) is 0 Å². The zero-order valence-corrected chi connectivity index (χ0v) is 19.8. The van der Waals surface area contributed by atoms with Crippen molar-refractivity contribution in [2.75, 3.05) is 12.4 Å². The van der Waals surface area contributed by atoms with Crippen LogP contribution in [0.25, 0.3) is 16.6 Å². The number of ether oxygens (including phenoxy) is 1. The Morgan fingerprint density at radius 2 is 2.00 bits per heavy atom. The van der Waals surface area contributed by atoms with Gasteiger partial charge >= 0.3 is 0 Å². The van der Waals surface area contributed by atoms with E-state index < -0.39 is 0 Å². The number of aromatic nitrogens is 2. The minimum atomic E-state index is -0.336. The minimum Gasteiger partial charge on any atom is -0.497 e. The van der Waals surface area contributed by atoms with Crippen molar-refractivity contribution in [3.05, 3.63) is 92.7 Å². The maximum Gasteiger partial charge on any atom is 0.266 e. The fourth-order valence-corrected chi connectivity index (χ4v) is 4.14. The Morgan fingerprint density at radius 1 is 1.19 bits per heavy atom. The number of hydrogen-bond acceptors (Lipinski definition) is 4. The highest BCUT2D eigenvalue weighted by Crippen LogP contribution is 2.21. The molecule has 0 bridgehead atoms. The number of rotatable bonds is 5. The summed E-state index contributed by atoms with van der Waals surface area (Å²) in [5, 5.41) is 3.60. The minimum absolute atomic E-state index is 0.166. The smallest absolute Gasteiger partial charge is 0.266 e. The molecular formula is C24H19BrFN3O2S. The van der Waals surface area contributed by atoms with E-state index in [1.54, 1.807) is 48.9 Å². The highest BCUT2D eigenvalue weighted by atomic mass is 79.9. The van der Waals surface area contributed by atoms with Crippen molar-refractivity contribution in [3.8, 4) is 11.4 Å². The molecule has 0 saturated heterocycles. The second-order valence-corrected chi connectivity index (χ2v) is 8.55. The van der Waals surface area contributed by atoms with Crippen LogP contribution in [0.15, 0.2) is 69.9 Å². The lowest BCUT2D eigenvalue weighted by Gasteiger charge is -2.13. The van der Waals surface area contributed by atoms with E-state index in [-0.39, 0.29) is 11.4 Å². The van der Waals surface area contributed by atoms with Gasteiger partial charge in [-0.15, -0.1) is 0 Å². The largest absolute Gasteiger partial charge is 0.497 e. The number of nitrogens with zero attached hydrogens (tertiary/aromatic N) is 2. The highest BCUT2D eigenvalue weighted by molar-refractivity contribution is 9.10. The van der Waals surface area contributed by atoms with Gasteiger partial charge in [0.25, 0.3) is 5.56 Å². The van der Waals surface area contributed by atoms with E-state index in [2.05, 4.69) is 26.2 Å². The number of anilines is 1. The Labute approximate surface area is 198 Å². The van der Waals surface area contributed by atoms with Crippen molar-refractivity contribution in [2.24, 2.45) is 0 Å². The van der Waals surface area contributed by atoms with Crippen LogP contribution in [0.1, 0.15) is 11.4 Å². The molecule has 1 aromatic heterocycles. The van der Waals surface area contributed by atoms with Crippen LogP contribution < -0.4 is 15.6 Å². The molecule has 4 rings (SSSR count). The molecular weight excluding hydrogens is 493 g/mol. The van der Waals surface area contributed by atoms with Crippen molar-refractivity contribution in [3.63, 3.8) is 0 Å². The number of fused-ring (bicyclic) bond motifs is 1. The highest BCUT2D eigenvalue weighted by Gasteiger charge is 2.12. The fraction of sp³-hybridized carbons (Fsp3) is 0.125. The van der Waals surface area contributed by atoms with Crippen LogP contribution >= 0.6 is 28.1 Å². The van der Waals surface area contributed by atoms with Gasteiger partial charge in [0.1, 0.15) is 17.4 Å². The first-order chi connectivity index (χ1) is 15.4. The number of methoxy groups -OCH3 is 1. The second-order valence-electron chi connectivity index (χ2n) is 7.21. The molecule has 0 saturated carbocycles. The molecule has 8 heteroatoms. The van der Waals surface area contributed by atoms with E-state index in [0.29, 0.717) is 49.7 Å². The van der Waals surface area contributed by atoms with Gasteiger partial charge in [0, 0.05) is 12.1 Å². The van der Waals surface area contributed by atoms with Crippen LogP contribution in [-0.2, 0) is 6.42 Å². The molecule has 162 valence electrons. The Hall–Kier alpha value is -3.10. The van der Waals surface area contributed by atoms with Crippen molar-refractivity contribution in [1.29, 1.82) is 0 Å². The summed E-state index contributed by atoms with van der Waals surface area (Å²) in [5.41, 5.74) is 2.78. The standard InChI is InChI=1S/C24H19BrFN3O2S/c1-14-27-22-9-7-18(31-2)13-19(22)24(30)29(14)17-5-3-4-15(10-17)11-23(32)28-16-6-8-21(26)20(25)12-16/h3-10,12-13H,11H2,1-2H3,(H,28,32). The number of nitrogens with one attached hydrogen (secondary N) is 1. The monoisotopic (exact) mass is 511 g/mol. The summed E-state index contributed by atoms with van der Waals surface area (Å²) in [7, 11) is 1.56. The van der Waals surface area contributed by atoms with E-state index in [0.717, 1.165) is 5.56 Å². The fourth-order valence-electron chi connectivity index (χ4n) is 3.48. The third-order valence-corrected chi connectivity index (χ3v) is 5.83. The molecule has 5 nitrogen and oxygen atoms in total. The number of thiocarbonyl (C=S) groups is 1. The third kappa shape index (κ3) is 4.56.